The predicted molar refractivity (Wildman–Crippen MR) is 69.2 cm³/mol. The topological polar surface area (TPSA) is 24.9 Å². The van der Waals surface area contributed by atoms with E-state index in [1.807, 2.05) is 12.3 Å². The number of nitrogens with zero attached hydrogens (tertiary/aromatic N) is 1. The van der Waals surface area contributed by atoms with Crippen molar-refractivity contribution in [1.29, 1.82) is 0 Å². The van der Waals surface area contributed by atoms with E-state index >= 15 is 0 Å². The maximum Gasteiger partial charge on any atom is 0.0704 e. The standard InChI is InChI=1S/C13H14N2.ClH/c1-2-10-3-4-11(8-13(10)15-6-1)12-5-7-14-9-12;/h1-4,6,8,12,14H,5,7,9H2;1H. The monoisotopic (exact) mass is 234 g/mol. The summed E-state index contributed by atoms with van der Waals surface area (Å²) in [6.45, 7) is 2.25. The van der Waals surface area contributed by atoms with Gasteiger partial charge in [-0.05, 0) is 36.6 Å². The van der Waals surface area contributed by atoms with Gasteiger partial charge >= 0.3 is 0 Å². The van der Waals surface area contributed by atoms with Crippen molar-refractivity contribution in [2.24, 2.45) is 0 Å². The first kappa shape index (κ1) is 11.4. The second kappa shape index (κ2) is 4.81. The summed E-state index contributed by atoms with van der Waals surface area (Å²) in [7, 11) is 0. The number of fused-ring (bicyclic) bond motifs is 1. The Balaban J connectivity index is 0.000000963. The first-order valence-electron chi connectivity index (χ1n) is 5.49. The summed E-state index contributed by atoms with van der Waals surface area (Å²) < 4.78 is 0. The quantitative estimate of drug-likeness (QED) is 0.821. The number of aromatic nitrogens is 1. The van der Waals surface area contributed by atoms with Gasteiger partial charge in [-0.25, -0.2) is 0 Å². The van der Waals surface area contributed by atoms with Crippen LogP contribution < -0.4 is 5.32 Å². The van der Waals surface area contributed by atoms with E-state index in [0.717, 1.165) is 18.6 Å². The van der Waals surface area contributed by atoms with Crippen LogP contribution in [0.1, 0.15) is 17.9 Å². The van der Waals surface area contributed by atoms with E-state index in [0.29, 0.717) is 5.92 Å². The Hall–Kier alpha value is -1.12. The second-order valence-corrected chi connectivity index (χ2v) is 4.15. The molecule has 1 aliphatic rings. The highest BCUT2D eigenvalue weighted by Gasteiger charge is 2.16. The molecule has 16 heavy (non-hydrogen) atoms. The Morgan fingerprint density at radius 3 is 3.00 bits per heavy atom. The summed E-state index contributed by atoms with van der Waals surface area (Å²) in [5.74, 6) is 0.677. The molecule has 1 aromatic heterocycles. The highest BCUT2D eigenvalue weighted by Crippen LogP contribution is 2.24. The van der Waals surface area contributed by atoms with Crippen molar-refractivity contribution >= 4 is 23.3 Å². The van der Waals surface area contributed by atoms with Gasteiger partial charge in [0.2, 0.25) is 0 Å². The molecule has 1 aliphatic heterocycles. The van der Waals surface area contributed by atoms with Gasteiger partial charge in [-0.15, -0.1) is 12.4 Å². The summed E-state index contributed by atoms with van der Waals surface area (Å²) in [4.78, 5) is 4.39. The van der Waals surface area contributed by atoms with Gasteiger partial charge in [0, 0.05) is 18.1 Å². The molecule has 1 aromatic carbocycles. The van der Waals surface area contributed by atoms with Crippen LogP contribution in [-0.4, -0.2) is 18.1 Å². The largest absolute Gasteiger partial charge is 0.316 e. The summed E-state index contributed by atoms with van der Waals surface area (Å²) in [5.41, 5.74) is 2.54. The smallest absolute Gasteiger partial charge is 0.0704 e. The van der Waals surface area contributed by atoms with Crippen molar-refractivity contribution in [3.8, 4) is 0 Å². The molecule has 0 spiro atoms. The third-order valence-electron chi connectivity index (χ3n) is 3.16. The highest BCUT2D eigenvalue weighted by atomic mass is 35.5. The molecule has 0 saturated carbocycles. The van der Waals surface area contributed by atoms with Crippen LogP contribution in [0.2, 0.25) is 0 Å². The molecular weight excluding hydrogens is 220 g/mol. The molecule has 84 valence electrons. The van der Waals surface area contributed by atoms with Crippen LogP contribution in [0.3, 0.4) is 0 Å². The van der Waals surface area contributed by atoms with Crippen LogP contribution in [0.25, 0.3) is 10.9 Å². The molecule has 2 nitrogen and oxygen atoms in total. The Labute approximate surface area is 101 Å². The molecule has 1 unspecified atom stereocenters. The molecule has 0 aliphatic carbocycles. The van der Waals surface area contributed by atoms with E-state index in [-0.39, 0.29) is 12.4 Å². The summed E-state index contributed by atoms with van der Waals surface area (Å²) in [6, 6.07) is 10.7. The fourth-order valence-corrected chi connectivity index (χ4v) is 2.28. The molecule has 1 atom stereocenters. The average Bonchev–Trinajstić information content (AvgIpc) is 2.82. The van der Waals surface area contributed by atoms with Crippen LogP contribution in [-0.2, 0) is 0 Å². The highest BCUT2D eigenvalue weighted by molar-refractivity contribution is 5.85. The van der Waals surface area contributed by atoms with Crippen LogP contribution >= 0.6 is 12.4 Å². The fourth-order valence-electron chi connectivity index (χ4n) is 2.28. The van der Waals surface area contributed by atoms with E-state index in [1.165, 1.54) is 17.4 Å². The molecule has 0 radical (unpaired) electrons. The Bertz CT molecular complexity index is 478. The second-order valence-electron chi connectivity index (χ2n) is 4.15. The van der Waals surface area contributed by atoms with Crippen LogP contribution in [0.4, 0.5) is 0 Å². The number of pyridine rings is 1. The van der Waals surface area contributed by atoms with Crippen LogP contribution in [0, 0.1) is 0 Å². The number of rotatable bonds is 1. The number of hydrogen-bond donors (Lipinski definition) is 1. The van der Waals surface area contributed by atoms with Crippen molar-refractivity contribution < 1.29 is 0 Å². The minimum absolute atomic E-state index is 0. The van der Waals surface area contributed by atoms with E-state index in [4.69, 9.17) is 0 Å². The Morgan fingerprint density at radius 2 is 2.19 bits per heavy atom. The molecular formula is C13H15ClN2. The molecule has 0 bridgehead atoms. The lowest BCUT2D eigenvalue weighted by Gasteiger charge is -2.09. The SMILES string of the molecule is Cl.c1cnc2cc(C3CCNC3)ccc2c1. The lowest BCUT2D eigenvalue weighted by Crippen LogP contribution is -2.07. The number of benzene rings is 1. The molecule has 1 saturated heterocycles. The lowest BCUT2D eigenvalue weighted by atomic mass is 9.97. The molecule has 0 amide bonds. The first-order valence-corrected chi connectivity index (χ1v) is 5.49. The van der Waals surface area contributed by atoms with E-state index in [1.54, 1.807) is 0 Å². The average molecular weight is 235 g/mol. The normalized spacial score (nSPS) is 19.6. The third-order valence-corrected chi connectivity index (χ3v) is 3.16. The van der Waals surface area contributed by atoms with Crippen LogP contribution in [0.15, 0.2) is 36.5 Å². The number of nitrogens with one attached hydrogen (secondary N) is 1. The fraction of sp³-hybridized carbons (Fsp3) is 0.308. The lowest BCUT2D eigenvalue weighted by molar-refractivity contribution is 0.764. The zero-order valence-corrected chi connectivity index (χ0v) is 9.83. The van der Waals surface area contributed by atoms with Gasteiger partial charge in [-0.1, -0.05) is 18.2 Å². The molecule has 3 rings (SSSR count). The van der Waals surface area contributed by atoms with Gasteiger partial charge in [-0.2, -0.15) is 0 Å². The number of hydrogen-bond acceptors (Lipinski definition) is 2. The van der Waals surface area contributed by atoms with Gasteiger partial charge in [0.15, 0.2) is 0 Å². The molecule has 2 heterocycles. The van der Waals surface area contributed by atoms with Crippen molar-refractivity contribution in [1.82, 2.24) is 10.3 Å². The maximum absolute atomic E-state index is 4.39. The minimum Gasteiger partial charge on any atom is -0.316 e. The van der Waals surface area contributed by atoms with Gasteiger partial charge < -0.3 is 5.32 Å². The summed E-state index contributed by atoms with van der Waals surface area (Å²) >= 11 is 0. The van der Waals surface area contributed by atoms with Gasteiger partial charge in [0.1, 0.15) is 0 Å². The van der Waals surface area contributed by atoms with Crippen molar-refractivity contribution in [2.75, 3.05) is 13.1 Å². The minimum atomic E-state index is 0. The first-order chi connectivity index (χ1) is 7.43. The molecule has 1 fully saturated rings. The van der Waals surface area contributed by atoms with E-state index in [2.05, 4.69) is 34.6 Å². The maximum atomic E-state index is 4.39. The van der Waals surface area contributed by atoms with Crippen LogP contribution in [0.5, 0.6) is 0 Å². The van der Waals surface area contributed by atoms with Gasteiger partial charge in [0.05, 0.1) is 5.52 Å². The van der Waals surface area contributed by atoms with Crippen molar-refractivity contribution in [2.45, 2.75) is 12.3 Å². The van der Waals surface area contributed by atoms with Gasteiger partial charge in [-0.3, -0.25) is 4.98 Å². The Morgan fingerprint density at radius 1 is 1.25 bits per heavy atom. The molecule has 1 N–H and O–H groups in total. The predicted octanol–water partition coefficient (Wildman–Crippen LogP) is 2.73. The third kappa shape index (κ3) is 2.04. The summed E-state index contributed by atoms with van der Waals surface area (Å²) in [5, 5.41) is 4.63. The number of halogens is 1. The summed E-state index contributed by atoms with van der Waals surface area (Å²) in [6.07, 6.45) is 3.11. The zero-order valence-electron chi connectivity index (χ0n) is 9.02. The van der Waals surface area contributed by atoms with Crippen molar-refractivity contribution in [3.05, 3.63) is 42.1 Å². The van der Waals surface area contributed by atoms with E-state index < -0.39 is 0 Å². The zero-order chi connectivity index (χ0) is 10.1. The van der Waals surface area contributed by atoms with Crippen molar-refractivity contribution in [3.63, 3.8) is 0 Å². The molecule has 2 aromatic rings. The molecule has 3 heteroatoms. The van der Waals surface area contributed by atoms with E-state index in [9.17, 15) is 0 Å². The van der Waals surface area contributed by atoms with Gasteiger partial charge in [0.25, 0.3) is 0 Å². The Kier molecular flexibility index (Phi) is 3.42.